The van der Waals surface area contributed by atoms with Crippen molar-refractivity contribution in [3.63, 3.8) is 0 Å². The third kappa shape index (κ3) is 2.73. The fourth-order valence-electron chi connectivity index (χ4n) is 2.22. The van der Waals surface area contributed by atoms with Crippen LogP contribution in [0.4, 0.5) is 0 Å². The lowest BCUT2D eigenvalue weighted by Crippen LogP contribution is -2.21. The van der Waals surface area contributed by atoms with Gasteiger partial charge in [-0.15, -0.1) is 0 Å². The monoisotopic (exact) mass is 296 g/mol. The molecule has 1 heterocycles. The number of hydrogen-bond donors (Lipinski definition) is 0. The Morgan fingerprint density at radius 2 is 1.67 bits per heavy atom. The van der Waals surface area contributed by atoms with Gasteiger partial charge < -0.3 is 0 Å². The summed E-state index contributed by atoms with van der Waals surface area (Å²) < 4.78 is 1.53. The highest BCUT2D eigenvalue weighted by atomic mass is 35.5. The maximum Gasteiger partial charge on any atom is 0.348 e. The van der Waals surface area contributed by atoms with Crippen LogP contribution in [0.5, 0.6) is 0 Å². The molecule has 2 aromatic carbocycles. The van der Waals surface area contributed by atoms with Gasteiger partial charge in [-0.05, 0) is 23.8 Å². The summed E-state index contributed by atoms with van der Waals surface area (Å²) in [5.74, 6) is 0. The lowest BCUT2D eigenvalue weighted by atomic mass is 10.1. The van der Waals surface area contributed by atoms with Crippen LogP contribution in [0.15, 0.2) is 65.5 Å². The highest BCUT2D eigenvalue weighted by molar-refractivity contribution is 6.30. The minimum atomic E-state index is -0.286. The maximum absolute atomic E-state index is 12.1. The molecule has 0 amide bonds. The van der Waals surface area contributed by atoms with E-state index in [1.807, 2.05) is 60.7 Å². The van der Waals surface area contributed by atoms with E-state index in [0.29, 0.717) is 10.7 Å². The van der Waals surface area contributed by atoms with E-state index in [9.17, 15) is 4.79 Å². The van der Waals surface area contributed by atoms with Crippen molar-refractivity contribution in [3.05, 3.63) is 76.2 Å². The zero-order valence-electron chi connectivity index (χ0n) is 11.5. The van der Waals surface area contributed by atoms with Gasteiger partial charge in [0.25, 0.3) is 0 Å². The summed E-state index contributed by atoms with van der Waals surface area (Å²) in [6.45, 7) is 0. The number of aromatic nitrogens is 2. The van der Waals surface area contributed by atoms with E-state index in [-0.39, 0.29) is 5.69 Å². The normalized spacial score (nSPS) is 10.6. The predicted molar refractivity (Wildman–Crippen MR) is 85.4 cm³/mol. The first-order valence-electron chi connectivity index (χ1n) is 6.54. The van der Waals surface area contributed by atoms with Crippen LogP contribution in [0, 0.1) is 0 Å². The van der Waals surface area contributed by atoms with Crippen LogP contribution in [0.25, 0.3) is 22.5 Å². The van der Waals surface area contributed by atoms with E-state index in [0.717, 1.165) is 16.8 Å². The van der Waals surface area contributed by atoms with E-state index in [1.54, 1.807) is 7.05 Å². The van der Waals surface area contributed by atoms with Gasteiger partial charge in [0.05, 0.1) is 11.4 Å². The van der Waals surface area contributed by atoms with Gasteiger partial charge in [0.2, 0.25) is 0 Å². The SMILES string of the molecule is Cn1c(-c2cccc(Cl)c2)cc(-c2ccccc2)nc1=O. The van der Waals surface area contributed by atoms with Gasteiger partial charge in [-0.2, -0.15) is 4.98 Å². The summed E-state index contributed by atoms with van der Waals surface area (Å²) in [6, 6.07) is 19.0. The Hall–Kier alpha value is -2.39. The largest absolute Gasteiger partial charge is 0.348 e. The quantitative estimate of drug-likeness (QED) is 0.721. The van der Waals surface area contributed by atoms with E-state index >= 15 is 0 Å². The van der Waals surface area contributed by atoms with Crippen molar-refractivity contribution in [2.45, 2.75) is 0 Å². The van der Waals surface area contributed by atoms with Gasteiger partial charge in [-0.1, -0.05) is 54.1 Å². The topological polar surface area (TPSA) is 34.9 Å². The van der Waals surface area contributed by atoms with Crippen LogP contribution in [0.3, 0.4) is 0 Å². The van der Waals surface area contributed by atoms with Crippen molar-refractivity contribution < 1.29 is 0 Å². The molecule has 0 fully saturated rings. The minimum absolute atomic E-state index is 0.286. The van der Waals surface area contributed by atoms with Gasteiger partial charge in [-0.25, -0.2) is 4.79 Å². The van der Waals surface area contributed by atoms with Crippen molar-refractivity contribution in [1.29, 1.82) is 0 Å². The lowest BCUT2D eigenvalue weighted by Gasteiger charge is -2.10. The first kappa shape index (κ1) is 13.6. The number of hydrogen-bond acceptors (Lipinski definition) is 2. The zero-order chi connectivity index (χ0) is 14.8. The number of rotatable bonds is 2. The second kappa shape index (κ2) is 5.54. The number of halogens is 1. The Morgan fingerprint density at radius 1 is 0.952 bits per heavy atom. The highest BCUT2D eigenvalue weighted by Crippen LogP contribution is 2.24. The molecule has 0 aliphatic rings. The molecule has 0 saturated carbocycles. The molecule has 3 nitrogen and oxygen atoms in total. The fourth-order valence-corrected chi connectivity index (χ4v) is 2.41. The van der Waals surface area contributed by atoms with Crippen molar-refractivity contribution in [3.8, 4) is 22.5 Å². The number of benzene rings is 2. The van der Waals surface area contributed by atoms with E-state index in [1.165, 1.54) is 4.57 Å². The van der Waals surface area contributed by atoms with Crippen LogP contribution in [-0.2, 0) is 7.05 Å². The van der Waals surface area contributed by atoms with E-state index < -0.39 is 0 Å². The molecule has 3 aromatic rings. The predicted octanol–water partition coefficient (Wildman–Crippen LogP) is 3.77. The second-order valence-corrected chi connectivity index (χ2v) is 5.18. The van der Waals surface area contributed by atoms with Gasteiger partial charge in [0.1, 0.15) is 0 Å². The van der Waals surface area contributed by atoms with Crippen molar-refractivity contribution in [1.82, 2.24) is 9.55 Å². The smallest absolute Gasteiger partial charge is 0.295 e. The molecule has 104 valence electrons. The third-order valence-corrected chi connectivity index (χ3v) is 3.56. The molecular weight excluding hydrogens is 284 g/mol. The molecule has 0 unspecified atom stereocenters. The Balaban J connectivity index is 2.22. The minimum Gasteiger partial charge on any atom is -0.295 e. The average Bonchev–Trinajstić information content (AvgIpc) is 2.51. The molecule has 0 N–H and O–H groups in total. The summed E-state index contributed by atoms with van der Waals surface area (Å²) in [4.78, 5) is 16.2. The molecular formula is C17H13ClN2O. The van der Waals surface area contributed by atoms with Crippen molar-refractivity contribution in [2.24, 2.45) is 7.05 Å². The van der Waals surface area contributed by atoms with Gasteiger partial charge in [0.15, 0.2) is 0 Å². The third-order valence-electron chi connectivity index (χ3n) is 3.33. The Labute approximate surface area is 127 Å². The van der Waals surface area contributed by atoms with Crippen LogP contribution in [-0.4, -0.2) is 9.55 Å². The maximum atomic E-state index is 12.1. The summed E-state index contributed by atoms with van der Waals surface area (Å²) >= 11 is 6.04. The molecule has 0 atom stereocenters. The molecule has 0 aliphatic carbocycles. The average molecular weight is 297 g/mol. The standard InChI is InChI=1S/C17H13ClN2O/c1-20-16(13-8-5-9-14(18)10-13)11-15(19-17(20)21)12-6-3-2-4-7-12/h2-11H,1H3. The summed E-state index contributed by atoms with van der Waals surface area (Å²) in [6.07, 6.45) is 0. The summed E-state index contributed by atoms with van der Waals surface area (Å²) in [5, 5.41) is 0.637. The van der Waals surface area contributed by atoms with Gasteiger partial charge in [0, 0.05) is 17.6 Å². The van der Waals surface area contributed by atoms with E-state index in [4.69, 9.17) is 11.6 Å². The molecule has 0 bridgehead atoms. The zero-order valence-corrected chi connectivity index (χ0v) is 12.2. The Bertz CT molecular complexity index is 841. The highest BCUT2D eigenvalue weighted by Gasteiger charge is 2.09. The lowest BCUT2D eigenvalue weighted by molar-refractivity contribution is 0.822. The molecule has 0 aliphatic heterocycles. The molecule has 0 radical (unpaired) electrons. The molecule has 1 aromatic heterocycles. The molecule has 4 heteroatoms. The molecule has 0 spiro atoms. The second-order valence-electron chi connectivity index (χ2n) is 4.74. The van der Waals surface area contributed by atoms with Crippen molar-refractivity contribution >= 4 is 11.6 Å². The van der Waals surface area contributed by atoms with Crippen LogP contribution in [0.1, 0.15) is 0 Å². The summed E-state index contributed by atoms with van der Waals surface area (Å²) in [7, 11) is 1.71. The Morgan fingerprint density at radius 3 is 2.38 bits per heavy atom. The van der Waals surface area contributed by atoms with E-state index in [2.05, 4.69) is 4.98 Å². The Kier molecular flexibility index (Phi) is 3.59. The first-order chi connectivity index (χ1) is 10.1. The number of nitrogens with zero attached hydrogens (tertiary/aromatic N) is 2. The fraction of sp³-hybridized carbons (Fsp3) is 0.0588. The molecule has 21 heavy (non-hydrogen) atoms. The summed E-state index contributed by atoms with van der Waals surface area (Å²) in [5.41, 5.74) is 2.97. The van der Waals surface area contributed by atoms with Crippen molar-refractivity contribution in [2.75, 3.05) is 0 Å². The van der Waals surface area contributed by atoms with Gasteiger partial charge in [-0.3, -0.25) is 4.57 Å². The van der Waals surface area contributed by atoms with Gasteiger partial charge >= 0.3 is 5.69 Å². The molecule has 3 rings (SSSR count). The molecule has 0 saturated heterocycles. The van der Waals surface area contributed by atoms with Crippen LogP contribution < -0.4 is 5.69 Å². The van der Waals surface area contributed by atoms with Crippen LogP contribution in [0.2, 0.25) is 5.02 Å². The first-order valence-corrected chi connectivity index (χ1v) is 6.92. The van der Waals surface area contributed by atoms with Crippen LogP contribution >= 0.6 is 11.6 Å².